The van der Waals surface area contributed by atoms with E-state index in [4.69, 9.17) is 4.74 Å². The van der Waals surface area contributed by atoms with E-state index < -0.39 is 16.0 Å². The molecule has 0 unspecified atom stereocenters. The molecule has 1 saturated carbocycles. The Balaban J connectivity index is 1.38. The lowest BCUT2D eigenvalue weighted by Gasteiger charge is -2.30. The molecule has 0 bridgehead atoms. The zero-order valence-corrected chi connectivity index (χ0v) is 19.6. The number of anilines is 1. The first-order chi connectivity index (χ1) is 15.9. The summed E-state index contributed by atoms with van der Waals surface area (Å²) in [4.78, 5) is 24.7. The van der Waals surface area contributed by atoms with Crippen LogP contribution in [0.3, 0.4) is 0 Å². The van der Waals surface area contributed by atoms with E-state index in [1.54, 1.807) is 0 Å². The molecule has 0 aromatic heterocycles. The van der Waals surface area contributed by atoms with Crippen LogP contribution in [0.25, 0.3) is 0 Å². The quantitative estimate of drug-likeness (QED) is 0.650. The third-order valence-electron chi connectivity index (χ3n) is 6.54. The standard InChI is InChI=1S/C25H30N2O5S/c1-18-7-2-4-10-22(18)26-24(28)17-32-25(29)20-12-14-21(15-13-20)33(30,31)27-16-6-9-19-8-3-5-11-23(19)27/h3,5,8,11-15,18,22H,2,4,6-7,9-10,16-17H2,1H3,(H,26,28)/t18-,22+/m0/s1. The summed E-state index contributed by atoms with van der Waals surface area (Å²) in [5, 5.41) is 2.95. The molecule has 1 aliphatic carbocycles. The molecule has 8 heteroatoms. The predicted octanol–water partition coefficient (Wildman–Crippen LogP) is 3.68. The van der Waals surface area contributed by atoms with Gasteiger partial charge in [0, 0.05) is 12.6 Å². The second kappa shape index (κ2) is 9.95. The van der Waals surface area contributed by atoms with E-state index in [0.29, 0.717) is 18.2 Å². The van der Waals surface area contributed by atoms with Crippen molar-refractivity contribution in [1.29, 1.82) is 0 Å². The van der Waals surface area contributed by atoms with Gasteiger partial charge in [-0.05, 0) is 67.5 Å². The van der Waals surface area contributed by atoms with Crippen LogP contribution in [0, 0.1) is 5.92 Å². The maximum Gasteiger partial charge on any atom is 0.338 e. The number of fused-ring (bicyclic) bond motifs is 1. The first kappa shape index (κ1) is 23.3. The molecule has 0 radical (unpaired) electrons. The van der Waals surface area contributed by atoms with Crippen molar-refractivity contribution in [3.05, 3.63) is 59.7 Å². The van der Waals surface area contributed by atoms with Gasteiger partial charge in [0.2, 0.25) is 0 Å². The number of benzene rings is 2. The van der Waals surface area contributed by atoms with Crippen LogP contribution in [0.15, 0.2) is 53.4 Å². The predicted molar refractivity (Wildman–Crippen MR) is 126 cm³/mol. The molecule has 1 aliphatic heterocycles. The Bertz CT molecular complexity index is 1110. The van der Waals surface area contributed by atoms with Crippen LogP contribution in [-0.2, 0) is 26.0 Å². The highest BCUT2D eigenvalue weighted by molar-refractivity contribution is 7.92. The summed E-state index contributed by atoms with van der Waals surface area (Å²) in [5.41, 5.74) is 1.91. The van der Waals surface area contributed by atoms with Gasteiger partial charge in [0.1, 0.15) is 0 Å². The molecule has 2 aliphatic rings. The van der Waals surface area contributed by atoms with Crippen LogP contribution in [0.5, 0.6) is 0 Å². The Kier molecular flexibility index (Phi) is 7.02. The Morgan fingerprint density at radius 3 is 2.52 bits per heavy atom. The number of amides is 1. The number of sulfonamides is 1. The number of rotatable bonds is 6. The van der Waals surface area contributed by atoms with Gasteiger partial charge < -0.3 is 10.1 Å². The number of esters is 1. The number of carbonyl (C=O) groups excluding carboxylic acids is 2. The number of para-hydroxylation sites is 1. The van der Waals surface area contributed by atoms with E-state index in [9.17, 15) is 18.0 Å². The van der Waals surface area contributed by atoms with Gasteiger partial charge in [-0.1, -0.05) is 38.0 Å². The summed E-state index contributed by atoms with van der Waals surface area (Å²) in [7, 11) is -3.75. The monoisotopic (exact) mass is 470 g/mol. The zero-order valence-electron chi connectivity index (χ0n) is 18.8. The highest BCUT2D eigenvalue weighted by Crippen LogP contribution is 2.31. The Labute approximate surface area is 195 Å². The lowest BCUT2D eigenvalue weighted by Crippen LogP contribution is -2.42. The number of aryl methyl sites for hydroxylation is 1. The van der Waals surface area contributed by atoms with Crippen molar-refractivity contribution in [1.82, 2.24) is 5.32 Å². The van der Waals surface area contributed by atoms with Crippen molar-refractivity contribution < 1.29 is 22.7 Å². The first-order valence-corrected chi connectivity index (χ1v) is 13.0. The minimum absolute atomic E-state index is 0.111. The Morgan fingerprint density at radius 1 is 1.03 bits per heavy atom. The summed E-state index contributed by atoms with van der Waals surface area (Å²) < 4.78 is 33.0. The minimum Gasteiger partial charge on any atom is -0.452 e. The molecule has 2 aromatic carbocycles. The van der Waals surface area contributed by atoms with E-state index >= 15 is 0 Å². The fraction of sp³-hybridized carbons (Fsp3) is 0.440. The molecule has 0 spiro atoms. The van der Waals surface area contributed by atoms with Crippen LogP contribution in [0.4, 0.5) is 5.69 Å². The summed E-state index contributed by atoms with van der Waals surface area (Å²) in [6.07, 6.45) is 5.90. The maximum atomic E-state index is 13.2. The van der Waals surface area contributed by atoms with Gasteiger partial charge in [-0.15, -0.1) is 0 Å². The Hall–Kier alpha value is -2.87. The molecule has 7 nitrogen and oxygen atoms in total. The fourth-order valence-electron chi connectivity index (χ4n) is 4.63. The normalized spacial score (nSPS) is 20.6. The number of hydrogen-bond acceptors (Lipinski definition) is 5. The van der Waals surface area contributed by atoms with Gasteiger partial charge in [-0.3, -0.25) is 9.10 Å². The van der Waals surface area contributed by atoms with Crippen molar-refractivity contribution in [2.24, 2.45) is 5.92 Å². The molecule has 1 N–H and O–H groups in total. The molecule has 4 rings (SSSR count). The molecular weight excluding hydrogens is 440 g/mol. The van der Waals surface area contributed by atoms with Crippen LogP contribution in [0.2, 0.25) is 0 Å². The molecule has 0 saturated heterocycles. The molecule has 1 amide bonds. The maximum absolute atomic E-state index is 13.2. The molecule has 1 fully saturated rings. The lowest BCUT2D eigenvalue weighted by atomic mass is 9.86. The number of nitrogens with one attached hydrogen (secondary N) is 1. The van der Waals surface area contributed by atoms with Crippen LogP contribution in [0.1, 0.15) is 54.9 Å². The number of nitrogens with zero attached hydrogens (tertiary/aromatic N) is 1. The van der Waals surface area contributed by atoms with Gasteiger partial charge in [0.05, 0.1) is 16.1 Å². The van der Waals surface area contributed by atoms with Gasteiger partial charge >= 0.3 is 5.97 Å². The molecule has 176 valence electrons. The van der Waals surface area contributed by atoms with Crippen molar-refractivity contribution in [3.8, 4) is 0 Å². The lowest BCUT2D eigenvalue weighted by molar-refractivity contribution is -0.125. The first-order valence-electron chi connectivity index (χ1n) is 11.5. The molecule has 1 heterocycles. The average Bonchev–Trinajstić information content (AvgIpc) is 2.83. The van der Waals surface area contributed by atoms with Gasteiger partial charge in [-0.25, -0.2) is 13.2 Å². The van der Waals surface area contributed by atoms with E-state index in [-0.39, 0.29) is 29.0 Å². The summed E-state index contributed by atoms with van der Waals surface area (Å²) >= 11 is 0. The van der Waals surface area contributed by atoms with Crippen LogP contribution >= 0.6 is 0 Å². The largest absolute Gasteiger partial charge is 0.452 e. The van der Waals surface area contributed by atoms with E-state index in [1.165, 1.54) is 35.0 Å². The Morgan fingerprint density at radius 2 is 1.76 bits per heavy atom. The fourth-order valence-corrected chi connectivity index (χ4v) is 6.17. The minimum atomic E-state index is -3.75. The van der Waals surface area contributed by atoms with Gasteiger partial charge in [0.25, 0.3) is 15.9 Å². The van der Waals surface area contributed by atoms with Crippen molar-refractivity contribution in [2.75, 3.05) is 17.5 Å². The van der Waals surface area contributed by atoms with E-state index in [0.717, 1.165) is 37.7 Å². The van der Waals surface area contributed by atoms with Gasteiger partial charge in [0.15, 0.2) is 6.61 Å². The number of ether oxygens (including phenoxy) is 1. The van der Waals surface area contributed by atoms with Crippen LogP contribution < -0.4 is 9.62 Å². The average molecular weight is 471 g/mol. The van der Waals surface area contributed by atoms with Crippen molar-refractivity contribution >= 4 is 27.6 Å². The topological polar surface area (TPSA) is 92.8 Å². The van der Waals surface area contributed by atoms with Crippen LogP contribution in [-0.4, -0.2) is 39.5 Å². The third-order valence-corrected chi connectivity index (χ3v) is 8.37. The highest BCUT2D eigenvalue weighted by Gasteiger charge is 2.29. The molecule has 33 heavy (non-hydrogen) atoms. The molecule has 2 atom stereocenters. The van der Waals surface area contributed by atoms with E-state index in [2.05, 4.69) is 12.2 Å². The SMILES string of the molecule is C[C@H]1CCCC[C@H]1NC(=O)COC(=O)c1ccc(S(=O)(=O)N2CCCc3ccccc32)cc1. The van der Waals surface area contributed by atoms with Gasteiger partial charge in [-0.2, -0.15) is 0 Å². The summed E-state index contributed by atoms with van der Waals surface area (Å²) in [6, 6.07) is 13.3. The summed E-state index contributed by atoms with van der Waals surface area (Å²) in [6.45, 7) is 2.18. The molecule has 2 aromatic rings. The zero-order chi connectivity index (χ0) is 23.4. The number of carbonyl (C=O) groups is 2. The molecular formula is C25H30N2O5S. The smallest absolute Gasteiger partial charge is 0.338 e. The number of hydrogen-bond donors (Lipinski definition) is 1. The summed E-state index contributed by atoms with van der Waals surface area (Å²) in [5.74, 6) is -0.557. The van der Waals surface area contributed by atoms with Crippen molar-refractivity contribution in [2.45, 2.75) is 56.4 Å². The highest BCUT2D eigenvalue weighted by atomic mass is 32.2. The third kappa shape index (κ3) is 5.21. The van der Waals surface area contributed by atoms with Crippen molar-refractivity contribution in [3.63, 3.8) is 0 Å². The second-order valence-corrected chi connectivity index (χ2v) is 10.7. The van der Waals surface area contributed by atoms with E-state index in [1.807, 2.05) is 24.3 Å². The second-order valence-electron chi connectivity index (χ2n) is 8.85.